The number of nitrogens with zero attached hydrogens (tertiary/aromatic N) is 4. The van der Waals surface area contributed by atoms with E-state index in [1.165, 1.54) is 6.33 Å². The zero-order chi connectivity index (χ0) is 12.0. The van der Waals surface area contributed by atoms with E-state index in [4.69, 9.17) is 10.9 Å². The Morgan fingerprint density at radius 1 is 1.69 bits per heavy atom. The third kappa shape index (κ3) is 3.34. The van der Waals surface area contributed by atoms with Crippen LogP contribution in [0.25, 0.3) is 0 Å². The number of halogens is 1. The Labute approximate surface area is 102 Å². The Bertz CT molecular complexity index is 371. The van der Waals surface area contributed by atoms with E-state index in [2.05, 4.69) is 31.1 Å². The van der Waals surface area contributed by atoms with Crippen LogP contribution in [0.1, 0.15) is 13.3 Å². The summed E-state index contributed by atoms with van der Waals surface area (Å²) in [4.78, 5) is 10.1. The minimum absolute atomic E-state index is 0.212. The molecular weight excluding hydrogens is 274 g/mol. The van der Waals surface area contributed by atoms with E-state index in [1.54, 1.807) is 6.20 Å². The van der Waals surface area contributed by atoms with Gasteiger partial charge in [-0.15, -0.1) is 0 Å². The third-order valence-electron chi connectivity index (χ3n) is 2.10. The fourth-order valence-electron chi connectivity index (χ4n) is 1.25. The maximum atomic E-state index is 8.46. The van der Waals surface area contributed by atoms with Crippen LogP contribution in [-0.2, 0) is 0 Å². The van der Waals surface area contributed by atoms with Gasteiger partial charge in [-0.3, -0.25) is 0 Å². The van der Waals surface area contributed by atoms with E-state index in [1.807, 2.05) is 11.8 Å². The first-order valence-electron chi connectivity index (χ1n) is 4.85. The van der Waals surface area contributed by atoms with Gasteiger partial charge in [0.2, 0.25) is 0 Å². The molecule has 0 unspecified atom stereocenters. The maximum absolute atomic E-state index is 8.46. The molecule has 0 aliphatic heterocycles. The summed E-state index contributed by atoms with van der Waals surface area (Å²) >= 11 is 3.38. The van der Waals surface area contributed by atoms with E-state index in [0.29, 0.717) is 13.0 Å². The number of aromatic nitrogens is 2. The van der Waals surface area contributed by atoms with Gasteiger partial charge in [-0.05, 0) is 22.9 Å². The molecular formula is C9H14BrN5O. The minimum atomic E-state index is 0.212. The summed E-state index contributed by atoms with van der Waals surface area (Å²) in [6.45, 7) is 3.44. The minimum Gasteiger partial charge on any atom is -0.409 e. The summed E-state index contributed by atoms with van der Waals surface area (Å²) < 4.78 is 0.830. The number of rotatable bonds is 5. The van der Waals surface area contributed by atoms with E-state index in [9.17, 15) is 0 Å². The van der Waals surface area contributed by atoms with E-state index in [-0.39, 0.29) is 5.84 Å². The van der Waals surface area contributed by atoms with Crippen LogP contribution in [0.4, 0.5) is 5.82 Å². The van der Waals surface area contributed by atoms with Crippen molar-refractivity contribution in [1.82, 2.24) is 9.97 Å². The van der Waals surface area contributed by atoms with Crippen LogP contribution in [0.15, 0.2) is 22.2 Å². The van der Waals surface area contributed by atoms with Gasteiger partial charge in [-0.2, -0.15) is 0 Å². The van der Waals surface area contributed by atoms with Crippen LogP contribution in [-0.4, -0.2) is 34.1 Å². The van der Waals surface area contributed by atoms with Crippen molar-refractivity contribution in [3.05, 3.63) is 17.0 Å². The van der Waals surface area contributed by atoms with Gasteiger partial charge in [0.15, 0.2) is 0 Å². The second-order valence-corrected chi connectivity index (χ2v) is 3.97. The molecule has 0 aliphatic rings. The standard InChI is InChI=1S/C9H14BrN5O/c1-2-15(4-3-8(11)14-16)9-7(10)5-12-6-13-9/h5-6,16H,2-4H2,1H3,(H2,11,14). The van der Waals surface area contributed by atoms with Crippen molar-refractivity contribution in [3.8, 4) is 0 Å². The molecule has 0 bridgehead atoms. The fourth-order valence-corrected chi connectivity index (χ4v) is 1.72. The zero-order valence-electron chi connectivity index (χ0n) is 8.97. The van der Waals surface area contributed by atoms with Crippen molar-refractivity contribution in [2.75, 3.05) is 18.0 Å². The van der Waals surface area contributed by atoms with Gasteiger partial charge in [0.25, 0.3) is 0 Å². The first-order valence-corrected chi connectivity index (χ1v) is 5.65. The van der Waals surface area contributed by atoms with Crippen LogP contribution in [0, 0.1) is 0 Å². The highest BCUT2D eigenvalue weighted by Crippen LogP contribution is 2.21. The molecule has 1 aromatic rings. The SMILES string of the molecule is CCN(CCC(N)=NO)c1ncncc1Br. The highest BCUT2D eigenvalue weighted by Gasteiger charge is 2.10. The highest BCUT2D eigenvalue weighted by atomic mass is 79.9. The fraction of sp³-hybridized carbons (Fsp3) is 0.444. The first kappa shape index (κ1) is 12.7. The highest BCUT2D eigenvalue weighted by molar-refractivity contribution is 9.10. The molecule has 0 aromatic carbocycles. The summed E-state index contributed by atoms with van der Waals surface area (Å²) in [5.74, 6) is 1.02. The average molecular weight is 288 g/mol. The van der Waals surface area contributed by atoms with Gasteiger partial charge in [-0.1, -0.05) is 5.16 Å². The molecule has 0 amide bonds. The smallest absolute Gasteiger partial charge is 0.146 e. The van der Waals surface area contributed by atoms with Crippen molar-refractivity contribution in [3.63, 3.8) is 0 Å². The predicted molar refractivity (Wildman–Crippen MR) is 65.6 cm³/mol. The van der Waals surface area contributed by atoms with Crippen LogP contribution < -0.4 is 10.6 Å². The van der Waals surface area contributed by atoms with Crippen molar-refractivity contribution >= 4 is 27.6 Å². The third-order valence-corrected chi connectivity index (χ3v) is 2.66. The molecule has 0 fully saturated rings. The monoisotopic (exact) mass is 287 g/mol. The Morgan fingerprint density at radius 3 is 3.00 bits per heavy atom. The van der Waals surface area contributed by atoms with E-state index in [0.717, 1.165) is 16.8 Å². The Balaban J connectivity index is 2.71. The number of amidine groups is 1. The Kier molecular flexibility index (Phi) is 4.97. The van der Waals surface area contributed by atoms with Crippen LogP contribution >= 0.6 is 15.9 Å². The second kappa shape index (κ2) is 6.26. The topological polar surface area (TPSA) is 87.6 Å². The lowest BCUT2D eigenvalue weighted by Crippen LogP contribution is -2.29. The molecule has 16 heavy (non-hydrogen) atoms. The van der Waals surface area contributed by atoms with Crippen LogP contribution in [0.2, 0.25) is 0 Å². The summed E-state index contributed by atoms with van der Waals surface area (Å²) in [5.41, 5.74) is 5.42. The van der Waals surface area contributed by atoms with Crippen molar-refractivity contribution in [1.29, 1.82) is 0 Å². The first-order chi connectivity index (χ1) is 7.69. The van der Waals surface area contributed by atoms with Gasteiger partial charge in [0.1, 0.15) is 18.0 Å². The van der Waals surface area contributed by atoms with Gasteiger partial charge >= 0.3 is 0 Å². The van der Waals surface area contributed by atoms with Crippen molar-refractivity contribution < 1.29 is 5.21 Å². The molecule has 7 heteroatoms. The predicted octanol–water partition coefficient (Wildman–Crippen LogP) is 1.20. The van der Waals surface area contributed by atoms with E-state index < -0.39 is 0 Å². The molecule has 88 valence electrons. The van der Waals surface area contributed by atoms with Gasteiger partial charge in [0.05, 0.1) is 4.47 Å². The maximum Gasteiger partial charge on any atom is 0.146 e. The molecule has 0 saturated heterocycles. The molecule has 0 saturated carbocycles. The molecule has 1 aromatic heterocycles. The summed E-state index contributed by atoms with van der Waals surface area (Å²) in [6, 6.07) is 0. The molecule has 0 radical (unpaired) electrons. The number of hydrogen-bond donors (Lipinski definition) is 2. The molecule has 0 aliphatic carbocycles. The van der Waals surface area contributed by atoms with Gasteiger partial charge in [-0.25, -0.2) is 9.97 Å². The molecule has 0 spiro atoms. The molecule has 0 atom stereocenters. The van der Waals surface area contributed by atoms with Gasteiger partial charge in [0, 0.05) is 25.7 Å². The quantitative estimate of drug-likeness (QED) is 0.368. The van der Waals surface area contributed by atoms with Crippen molar-refractivity contribution in [2.24, 2.45) is 10.9 Å². The van der Waals surface area contributed by atoms with Gasteiger partial charge < -0.3 is 15.8 Å². The zero-order valence-corrected chi connectivity index (χ0v) is 10.6. The van der Waals surface area contributed by atoms with E-state index >= 15 is 0 Å². The lowest BCUT2D eigenvalue weighted by atomic mass is 10.3. The largest absolute Gasteiger partial charge is 0.409 e. The van der Waals surface area contributed by atoms with Crippen LogP contribution in [0.5, 0.6) is 0 Å². The summed E-state index contributed by atoms with van der Waals surface area (Å²) in [7, 11) is 0. The van der Waals surface area contributed by atoms with Crippen LogP contribution in [0.3, 0.4) is 0 Å². The Morgan fingerprint density at radius 2 is 2.44 bits per heavy atom. The lowest BCUT2D eigenvalue weighted by molar-refractivity contribution is 0.317. The molecule has 1 rings (SSSR count). The number of hydrogen-bond acceptors (Lipinski definition) is 5. The summed E-state index contributed by atoms with van der Waals surface area (Å²) in [6.07, 6.45) is 3.67. The number of nitrogens with two attached hydrogens (primary N) is 1. The molecule has 1 heterocycles. The Hall–Kier alpha value is -1.37. The molecule has 3 N–H and O–H groups in total. The molecule has 6 nitrogen and oxygen atoms in total. The number of anilines is 1. The summed E-state index contributed by atoms with van der Waals surface area (Å²) in [5, 5.41) is 11.4. The second-order valence-electron chi connectivity index (χ2n) is 3.12. The lowest BCUT2D eigenvalue weighted by Gasteiger charge is -2.22. The number of oxime groups is 1. The average Bonchev–Trinajstić information content (AvgIpc) is 2.31. The van der Waals surface area contributed by atoms with Crippen molar-refractivity contribution in [2.45, 2.75) is 13.3 Å². The normalized spacial score (nSPS) is 11.5.